The number of carbonyl (C=O) groups is 2. The van der Waals surface area contributed by atoms with Gasteiger partial charge in [0.15, 0.2) is 0 Å². The van der Waals surface area contributed by atoms with Crippen LogP contribution in [0.15, 0.2) is 0 Å². The van der Waals surface area contributed by atoms with Gasteiger partial charge in [-0.25, -0.2) is 22.7 Å². The lowest BCUT2D eigenvalue weighted by Gasteiger charge is -2.21. The molecule has 0 aromatic heterocycles. The van der Waals surface area contributed by atoms with E-state index in [1.54, 1.807) is 0 Å². The van der Waals surface area contributed by atoms with Crippen molar-refractivity contribution in [2.24, 2.45) is 0 Å². The Hall–Kier alpha value is -1.35. The molecule has 1 heterocycles. The second-order valence-corrected chi connectivity index (χ2v) is 5.92. The van der Waals surface area contributed by atoms with Crippen molar-refractivity contribution >= 4 is 22.0 Å². The molecule has 104 valence electrons. The summed E-state index contributed by atoms with van der Waals surface area (Å²) in [6, 6.07) is -1.26. The minimum Gasteiger partial charge on any atom is -0.480 e. The van der Waals surface area contributed by atoms with Gasteiger partial charge in [0, 0.05) is 19.6 Å². The highest BCUT2D eigenvalue weighted by Crippen LogP contribution is 2.16. The first-order chi connectivity index (χ1) is 8.31. The molecule has 0 unspecified atom stereocenters. The minimum atomic E-state index is -3.27. The summed E-state index contributed by atoms with van der Waals surface area (Å²) < 4.78 is 23.7. The number of hydrogen-bond donors (Lipinski definition) is 3. The average molecular weight is 279 g/mol. The number of nitrogens with zero attached hydrogens (tertiary/aromatic N) is 1. The second-order valence-electron chi connectivity index (χ2n) is 4.09. The number of sulfonamides is 1. The molecule has 1 fully saturated rings. The van der Waals surface area contributed by atoms with Gasteiger partial charge in [0.05, 0.1) is 6.26 Å². The molecule has 0 saturated carbocycles. The van der Waals surface area contributed by atoms with E-state index in [1.807, 2.05) is 0 Å². The molecule has 0 aromatic rings. The fourth-order valence-corrected chi connectivity index (χ4v) is 2.25. The van der Waals surface area contributed by atoms with Crippen LogP contribution < -0.4 is 10.0 Å². The molecule has 0 aliphatic carbocycles. The third kappa shape index (κ3) is 4.49. The number of hydrogen-bond acceptors (Lipinski definition) is 4. The van der Waals surface area contributed by atoms with Crippen LogP contribution in [-0.2, 0) is 14.8 Å². The fraction of sp³-hybridized carbons (Fsp3) is 0.778. The number of carboxylic acid groups (broad SMARTS) is 1. The molecule has 1 rings (SSSR count). The molecule has 0 spiro atoms. The Bertz CT molecular complexity index is 422. The van der Waals surface area contributed by atoms with Crippen molar-refractivity contribution in [2.45, 2.75) is 18.9 Å². The maximum absolute atomic E-state index is 11.7. The fourth-order valence-electron chi connectivity index (χ4n) is 1.77. The summed E-state index contributed by atoms with van der Waals surface area (Å²) in [5, 5.41) is 11.4. The van der Waals surface area contributed by atoms with E-state index >= 15 is 0 Å². The lowest BCUT2D eigenvalue weighted by molar-refractivity contribution is -0.141. The Labute approximate surface area is 105 Å². The molecule has 1 saturated heterocycles. The van der Waals surface area contributed by atoms with Gasteiger partial charge < -0.3 is 15.3 Å². The van der Waals surface area contributed by atoms with Gasteiger partial charge in [-0.2, -0.15) is 0 Å². The number of rotatable bonds is 5. The third-order valence-electron chi connectivity index (χ3n) is 2.56. The van der Waals surface area contributed by atoms with Crippen molar-refractivity contribution in [3.63, 3.8) is 0 Å². The lowest BCUT2D eigenvalue weighted by atomic mass is 10.2. The summed E-state index contributed by atoms with van der Waals surface area (Å²) in [4.78, 5) is 23.8. The summed E-state index contributed by atoms with van der Waals surface area (Å²) in [6.07, 6.45) is 2.13. The molecule has 1 aliphatic rings. The highest BCUT2D eigenvalue weighted by molar-refractivity contribution is 7.88. The van der Waals surface area contributed by atoms with Crippen molar-refractivity contribution < 1.29 is 23.1 Å². The maximum Gasteiger partial charge on any atom is 0.326 e. The number of urea groups is 1. The van der Waals surface area contributed by atoms with Crippen molar-refractivity contribution in [3.8, 4) is 0 Å². The van der Waals surface area contributed by atoms with Crippen LogP contribution in [0.5, 0.6) is 0 Å². The Kier molecular flexibility index (Phi) is 4.91. The Morgan fingerprint density at radius 3 is 2.61 bits per heavy atom. The Morgan fingerprint density at radius 1 is 1.39 bits per heavy atom. The van der Waals surface area contributed by atoms with Crippen LogP contribution in [0.25, 0.3) is 0 Å². The summed E-state index contributed by atoms with van der Waals surface area (Å²) in [6.45, 7) is 0.604. The summed E-state index contributed by atoms with van der Waals surface area (Å²) in [5.74, 6) is -1.02. The number of carbonyl (C=O) groups excluding carboxylic acids is 1. The van der Waals surface area contributed by atoms with Crippen molar-refractivity contribution in [1.29, 1.82) is 0 Å². The largest absolute Gasteiger partial charge is 0.480 e. The first kappa shape index (κ1) is 14.7. The predicted octanol–water partition coefficient (Wildman–Crippen LogP) is -1.21. The van der Waals surface area contributed by atoms with E-state index in [2.05, 4.69) is 10.0 Å². The first-order valence-corrected chi connectivity index (χ1v) is 7.42. The van der Waals surface area contributed by atoms with Gasteiger partial charge in [-0.3, -0.25) is 0 Å². The van der Waals surface area contributed by atoms with Gasteiger partial charge in [0.2, 0.25) is 10.0 Å². The van der Waals surface area contributed by atoms with E-state index in [-0.39, 0.29) is 13.1 Å². The van der Waals surface area contributed by atoms with Crippen LogP contribution in [-0.4, -0.2) is 62.4 Å². The topological polar surface area (TPSA) is 116 Å². The molecule has 0 aromatic carbocycles. The van der Waals surface area contributed by atoms with Gasteiger partial charge in [0.1, 0.15) is 6.04 Å². The minimum absolute atomic E-state index is 0.0795. The molecule has 2 amide bonds. The SMILES string of the molecule is CS(=O)(=O)NCCNC(=O)N1CCC[C@H]1C(=O)O. The van der Waals surface area contributed by atoms with Crippen molar-refractivity contribution in [3.05, 3.63) is 0 Å². The number of amides is 2. The van der Waals surface area contributed by atoms with Gasteiger partial charge in [-0.05, 0) is 12.8 Å². The summed E-state index contributed by atoms with van der Waals surface area (Å²) in [7, 11) is -3.27. The third-order valence-corrected chi connectivity index (χ3v) is 3.29. The average Bonchev–Trinajstić information content (AvgIpc) is 2.71. The summed E-state index contributed by atoms with van der Waals surface area (Å²) in [5.41, 5.74) is 0. The lowest BCUT2D eigenvalue weighted by Crippen LogP contribution is -2.47. The van der Waals surface area contributed by atoms with Gasteiger partial charge in [-0.1, -0.05) is 0 Å². The normalized spacial score (nSPS) is 19.8. The molecule has 0 bridgehead atoms. The molecule has 18 heavy (non-hydrogen) atoms. The van der Waals surface area contributed by atoms with Crippen LogP contribution >= 0.6 is 0 Å². The number of nitrogens with one attached hydrogen (secondary N) is 2. The van der Waals surface area contributed by atoms with Crippen LogP contribution in [0.3, 0.4) is 0 Å². The zero-order chi connectivity index (χ0) is 13.8. The Balaban J connectivity index is 2.35. The molecule has 8 nitrogen and oxygen atoms in total. The quantitative estimate of drug-likeness (QED) is 0.546. The second kappa shape index (κ2) is 6.01. The van der Waals surface area contributed by atoms with Gasteiger partial charge in [0.25, 0.3) is 0 Å². The predicted molar refractivity (Wildman–Crippen MR) is 63.6 cm³/mol. The van der Waals surface area contributed by atoms with Crippen molar-refractivity contribution in [2.75, 3.05) is 25.9 Å². The smallest absolute Gasteiger partial charge is 0.326 e. The van der Waals surface area contributed by atoms with Crippen LogP contribution in [0.4, 0.5) is 4.79 Å². The molecular formula is C9H17N3O5S. The van der Waals surface area contributed by atoms with E-state index in [9.17, 15) is 18.0 Å². The van der Waals surface area contributed by atoms with E-state index in [0.29, 0.717) is 19.4 Å². The van der Waals surface area contributed by atoms with Crippen molar-refractivity contribution in [1.82, 2.24) is 14.9 Å². The van der Waals surface area contributed by atoms with E-state index in [4.69, 9.17) is 5.11 Å². The van der Waals surface area contributed by atoms with Crippen LogP contribution in [0.2, 0.25) is 0 Å². The van der Waals surface area contributed by atoms with Gasteiger partial charge in [-0.15, -0.1) is 0 Å². The van der Waals surface area contributed by atoms with E-state index in [0.717, 1.165) is 6.26 Å². The molecular weight excluding hydrogens is 262 g/mol. The molecule has 1 aliphatic heterocycles. The van der Waals surface area contributed by atoms with E-state index in [1.165, 1.54) is 4.90 Å². The van der Waals surface area contributed by atoms with Crippen LogP contribution in [0.1, 0.15) is 12.8 Å². The van der Waals surface area contributed by atoms with Gasteiger partial charge >= 0.3 is 12.0 Å². The molecule has 0 radical (unpaired) electrons. The first-order valence-electron chi connectivity index (χ1n) is 5.53. The highest BCUT2D eigenvalue weighted by Gasteiger charge is 2.33. The molecule has 1 atom stereocenters. The number of carboxylic acids is 1. The molecule has 3 N–H and O–H groups in total. The zero-order valence-corrected chi connectivity index (χ0v) is 10.9. The number of aliphatic carboxylic acids is 1. The van der Waals surface area contributed by atoms with E-state index < -0.39 is 28.1 Å². The highest BCUT2D eigenvalue weighted by atomic mass is 32.2. The zero-order valence-electron chi connectivity index (χ0n) is 10.0. The standard InChI is InChI=1S/C9H17N3O5S/c1-18(16,17)11-5-4-10-9(15)12-6-2-3-7(12)8(13)14/h7,11H,2-6H2,1H3,(H,10,15)(H,13,14)/t7-/m0/s1. The maximum atomic E-state index is 11.7. The number of likely N-dealkylation sites (tertiary alicyclic amines) is 1. The summed E-state index contributed by atoms with van der Waals surface area (Å²) >= 11 is 0. The molecule has 9 heteroatoms. The Morgan fingerprint density at radius 2 is 2.06 bits per heavy atom. The van der Waals surface area contributed by atoms with Crippen LogP contribution in [0, 0.1) is 0 Å². The monoisotopic (exact) mass is 279 g/mol.